The summed E-state index contributed by atoms with van der Waals surface area (Å²) < 4.78 is 80.3. The first-order valence-electron chi connectivity index (χ1n) is 12.9. The van der Waals surface area contributed by atoms with Crippen molar-refractivity contribution in [1.82, 2.24) is 14.9 Å². The number of halogens is 5. The first-order valence-corrected chi connectivity index (χ1v) is 13.7. The second-order valence-electron chi connectivity index (χ2n) is 9.87. The van der Waals surface area contributed by atoms with Crippen LogP contribution >= 0.6 is 11.3 Å². The van der Waals surface area contributed by atoms with Gasteiger partial charge in [-0.25, -0.2) is 8.78 Å². The lowest BCUT2D eigenvalue weighted by atomic mass is 9.92. The zero-order valence-corrected chi connectivity index (χ0v) is 24.0. The molecular formula is C29H23F5N6O2S. The van der Waals surface area contributed by atoms with Gasteiger partial charge in [0.15, 0.2) is 5.82 Å². The monoisotopic (exact) mass is 614 g/mol. The van der Waals surface area contributed by atoms with E-state index in [9.17, 15) is 27.6 Å². The Morgan fingerprint density at radius 2 is 2.00 bits per heavy atom. The number of nitrogens with zero attached hydrogens (tertiary/aromatic N) is 5. The predicted molar refractivity (Wildman–Crippen MR) is 152 cm³/mol. The molecule has 0 radical (unpaired) electrons. The Labute approximate surface area is 246 Å². The number of hydrogen-bond donors (Lipinski definition) is 1. The number of carbonyl (C=O) groups excluding carboxylic acids is 1. The molecule has 1 saturated heterocycles. The molecule has 2 unspecified atom stereocenters. The highest BCUT2D eigenvalue weighted by atomic mass is 32.1. The Morgan fingerprint density at radius 1 is 1.28 bits per heavy atom. The van der Waals surface area contributed by atoms with Crippen LogP contribution in [0.3, 0.4) is 0 Å². The molecule has 5 rings (SSSR count). The highest BCUT2D eigenvalue weighted by Gasteiger charge is 2.40. The Morgan fingerprint density at radius 3 is 2.63 bits per heavy atom. The summed E-state index contributed by atoms with van der Waals surface area (Å²) in [5, 5.41) is 9.07. The lowest BCUT2D eigenvalue weighted by molar-refractivity contribution is -0.137. The number of likely N-dealkylation sites (tertiary alicyclic amines) is 1. The topological polar surface area (TPSA) is 108 Å². The van der Waals surface area contributed by atoms with Crippen LogP contribution in [-0.2, 0) is 11.0 Å². The third kappa shape index (κ3) is 4.81. The highest BCUT2D eigenvalue weighted by Crippen LogP contribution is 2.48. The van der Waals surface area contributed by atoms with Crippen molar-refractivity contribution in [3.05, 3.63) is 41.0 Å². The smallest absolute Gasteiger partial charge is 0.417 e. The van der Waals surface area contributed by atoms with E-state index >= 15 is 4.39 Å². The van der Waals surface area contributed by atoms with Crippen LogP contribution in [0.25, 0.3) is 32.1 Å². The maximum absolute atomic E-state index is 16.5. The van der Waals surface area contributed by atoms with Crippen molar-refractivity contribution in [2.45, 2.75) is 38.5 Å². The Hall–Kier alpha value is -4.69. The molecule has 0 aliphatic carbocycles. The second-order valence-corrected chi connectivity index (χ2v) is 10.9. The molecule has 1 fully saturated rings. The zero-order chi connectivity index (χ0) is 31.4. The van der Waals surface area contributed by atoms with Gasteiger partial charge in [-0.2, -0.15) is 28.4 Å². The molecule has 0 bridgehead atoms. The van der Waals surface area contributed by atoms with Crippen molar-refractivity contribution in [3.8, 4) is 35.0 Å². The number of fused-ring (bicyclic) bond motifs is 2. The van der Waals surface area contributed by atoms with Crippen molar-refractivity contribution in [2.75, 3.05) is 31.3 Å². The maximum Gasteiger partial charge on any atom is 0.417 e. The van der Waals surface area contributed by atoms with Gasteiger partial charge < -0.3 is 20.3 Å². The van der Waals surface area contributed by atoms with E-state index in [0.29, 0.717) is 24.3 Å². The predicted octanol–water partition coefficient (Wildman–Crippen LogP) is 5.72. The summed E-state index contributed by atoms with van der Waals surface area (Å²) in [6.07, 6.45) is -4.64. The van der Waals surface area contributed by atoms with Gasteiger partial charge in [0.05, 0.1) is 35.0 Å². The molecular weight excluding hydrogens is 591 g/mol. The molecule has 0 spiro atoms. The normalized spacial score (nSPS) is 16.7. The third-order valence-corrected chi connectivity index (χ3v) is 8.64. The number of ether oxygens (including phenoxy) is 1. The average molecular weight is 615 g/mol. The van der Waals surface area contributed by atoms with Gasteiger partial charge in [0.2, 0.25) is 0 Å². The highest BCUT2D eigenvalue weighted by molar-refractivity contribution is 7.23. The van der Waals surface area contributed by atoms with Gasteiger partial charge in [-0.15, -0.1) is 11.3 Å². The van der Waals surface area contributed by atoms with Crippen LogP contribution < -0.4 is 15.4 Å². The molecule has 2 aromatic carbocycles. The fourth-order valence-electron chi connectivity index (χ4n) is 5.61. The number of hydrogen-bond acceptors (Lipinski definition) is 8. The molecule has 0 saturated carbocycles. The largest absolute Gasteiger partial charge is 0.467 e. The van der Waals surface area contributed by atoms with Gasteiger partial charge in [-0.1, -0.05) is 12.0 Å². The van der Waals surface area contributed by atoms with Gasteiger partial charge >= 0.3 is 12.2 Å². The van der Waals surface area contributed by atoms with Gasteiger partial charge in [0, 0.05) is 29.9 Å². The molecule has 2 atom stereocenters. The summed E-state index contributed by atoms with van der Waals surface area (Å²) in [6.45, 7) is 3.67. The number of rotatable bonds is 4. The summed E-state index contributed by atoms with van der Waals surface area (Å²) in [7, 11) is 2.81. The van der Waals surface area contributed by atoms with E-state index in [4.69, 9.17) is 10.5 Å². The molecule has 4 aromatic rings. The lowest BCUT2D eigenvalue weighted by Gasteiger charge is -2.32. The van der Waals surface area contributed by atoms with Crippen molar-refractivity contribution in [2.24, 2.45) is 0 Å². The van der Waals surface area contributed by atoms with Gasteiger partial charge in [0.1, 0.15) is 28.2 Å². The standard InChI is InChI=1S/C29H23F5N6O2S/c1-5-6-20(41)40-10-9-19(13(40)2)39(3)27-15-11-17(29(32,33)34)22(23(31)24(15)37-28(38-27)42-4)14-7-8-18(30)25-21(14)16(12-35)26(36)43-25/h7-8,11,13,19H,9-10,36H2,1-4H3. The first-order chi connectivity index (χ1) is 20.3. The average Bonchev–Trinajstić information content (AvgIpc) is 3.52. The van der Waals surface area contributed by atoms with E-state index in [1.807, 2.05) is 0 Å². The molecule has 222 valence electrons. The Kier molecular flexibility index (Phi) is 7.52. The van der Waals surface area contributed by atoms with Crippen LogP contribution in [0.4, 0.5) is 32.8 Å². The fraction of sp³-hybridized carbons (Fsp3) is 0.310. The quantitative estimate of drug-likeness (QED) is 0.231. The van der Waals surface area contributed by atoms with Crippen molar-refractivity contribution in [1.29, 1.82) is 5.26 Å². The van der Waals surface area contributed by atoms with E-state index in [-0.39, 0.29) is 49.3 Å². The Bertz CT molecular complexity index is 1910. The van der Waals surface area contributed by atoms with E-state index in [2.05, 4.69) is 21.8 Å². The van der Waals surface area contributed by atoms with Gasteiger partial charge in [-0.05, 0) is 43.9 Å². The van der Waals surface area contributed by atoms with Crippen LogP contribution in [0.2, 0.25) is 0 Å². The number of alkyl halides is 3. The number of nitriles is 1. The number of methoxy groups -OCH3 is 1. The summed E-state index contributed by atoms with van der Waals surface area (Å²) in [5.41, 5.74) is 2.48. The van der Waals surface area contributed by atoms with Crippen LogP contribution in [0.5, 0.6) is 6.01 Å². The molecule has 43 heavy (non-hydrogen) atoms. The number of nitrogens with two attached hydrogens (primary N) is 1. The Balaban J connectivity index is 1.80. The SMILES string of the molecule is CC#CC(=O)N1CCC(N(C)c2nc(OC)nc3c(F)c(-c4ccc(F)c5sc(N)c(C#N)c45)c(C(F)(F)F)cc23)C1C. The van der Waals surface area contributed by atoms with E-state index in [0.717, 1.165) is 18.2 Å². The van der Waals surface area contributed by atoms with Gasteiger partial charge in [0.25, 0.3) is 5.91 Å². The fourth-order valence-corrected chi connectivity index (χ4v) is 6.56. The third-order valence-electron chi connectivity index (χ3n) is 7.62. The number of benzene rings is 2. The molecule has 2 aromatic heterocycles. The first kappa shape index (κ1) is 29.8. The summed E-state index contributed by atoms with van der Waals surface area (Å²) in [6, 6.07) is 3.29. The maximum atomic E-state index is 16.5. The van der Waals surface area contributed by atoms with E-state index < -0.39 is 46.5 Å². The van der Waals surface area contributed by atoms with E-state index in [1.54, 1.807) is 29.8 Å². The molecule has 14 heteroatoms. The summed E-state index contributed by atoms with van der Waals surface area (Å²) >= 11 is 0.681. The molecule has 1 amide bonds. The molecule has 2 N–H and O–H groups in total. The zero-order valence-electron chi connectivity index (χ0n) is 23.2. The van der Waals surface area contributed by atoms with Crippen molar-refractivity contribution < 1.29 is 31.5 Å². The molecule has 1 aliphatic heterocycles. The number of amides is 1. The number of thiophene rings is 1. The number of nitrogen functional groups attached to an aromatic ring is 1. The number of likely N-dealkylation sites (N-methyl/N-ethyl adjacent to an activating group) is 1. The second kappa shape index (κ2) is 10.9. The van der Waals surface area contributed by atoms with Crippen LogP contribution in [0.15, 0.2) is 18.2 Å². The van der Waals surface area contributed by atoms with Crippen LogP contribution in [-0.4, -0.2) is 53.6 Å². The minimum absolute atomic E-state index is 0.0488. The number of aromatic nitrogens is 2. The summed E-state index contributed by atoms with van der Waals surface area (Å²) in [4.78, 5) is 23.9. The van der Waals surface area contributed by atoms with Crippen LogP contribution in [0, 0.1) is 34.8 Å². The molecule has 1 aliphatic rings. The molecule has 8 nitrogen and oxygen atoms in total. The minimum atomic E-state index is -5.09. The van der Waals surface area contributed by atoms with E-state index in [1.165, 1.54) is 14.0 Å². The van der Waals surface area contributed by atoms with Crippen molar-refractivity contribution >= 4 is 49.1 Å². The number of carbonyl (C=O) groups is 1. The number of anilines is 2. The van der Waals surface area contributed by atoms with Crippen molar-refractivity contribution in [3.63, 3.8) is 0 Å². The minimum Gasteiger partial charge on any atom is -0.467 e. The molecule has 3 heterocycles. The lowest BCUT2D eigenvalue weighted by Crippen LogP contribution is -2.44. The summed E-state index contributed by atoms with van der Waals surface area (Å²) in [5.74, 6) is 2.44. The van der Waals surface area contributed by atoms with Crippen LogP contribution in [0.1, 0.15) is 31.4 Å². The van der Waals surface area contributed by atoms with Gasteiger partial charge in [-0.3, -0.25) is 4.79 Å².